The van der Waals surface area contributed by atoms with Gasteiger partial charge in [0.1, 0.15) is 11.6 Å². The predicted molar refractivity (Wildman–Crippen MR) is 110 cm³/mol. The summed E-state index contributed by atoms with van der Waals surface area (Å²) in [7, 11) is 1.40. The molecule has 10 heteroatoms. The van der Waals surface area contributed by atoms with Crippen LogP contribution in [0.2, 0.25) is 5.02 Å². The van der Waals surface area contributed by atoms with Crippen LogP contribution < -0.4 is 10.6 Å². The average molecular weight is 451 g/mol. The lowest BCUT2D eigenvalue weighted by atomic mass is 10.0. The third kappa shape index (κ3) is 5.00. The Morgan fingerprint density at radius 2 is 1.90 bits per heavy atom. The van der Waals surface area contributed by atoms with Crippen LogP contribution in [0.3, 0.4) is 0 Å². The van der Waals surface area contributed by atoms with Gasteiger partial charge in [0.2, 0.25) is 0 Å². The van der Waals surface area contributed by atoms with Crippen LogP contribution in [0, 0.1) is 11.2 Å². The predicted octanol–water partition coefficient (Wildman–Crippen LogP) is 4.90. The van der Waals surface area contributed by atoms with Gasteiger partial charge < -0.3 is 16.0 Å². The van der Waals surface area contributed by atoms with Crippen molar-refractivity contribution in [1.82, 2.24) is 15.6 Å². The fraction of sp³-hybridized carbons (Fsp3) is 0.0952. The first-order chi connectivity index (χ1) is 14.6. The van der Waals surface area contributed by atoms with Crippen LogP contribution in [-0.4, -0.2) is 23.7 Å². The van der Waals surface area contributed by atoms with Crippen LogP contribution >= 0.6 is 11.6 Å². The second-order valence-electron chi connectivity index (χ2n) is 6.39. The molecule has 0 aliphatic rings. The van der Waals surface area contributed by atoms with E-state index in [0.29, 0.717) is 23.7 Å². The molecule has 1 heterocycles. The van der Waals surface area contributed by atoms with Crippen LogP contribution in [0.5, 0.6) is 0 Å². The van der Waals surface area contributed by atoms with Crippen molar-refractivity contribution in [3.63, 3.8) is 0 Å². The van der Waals surface area contributed by atoms with Gasteiger partial charge in [-0.1, -0.05) is 17.7 Å². The molecule has 3 aromatic rings. The van der Waals surface area contributed by atoms with Crippen LogP contribution in [0.1, 0.15) is 21.5 Å². The molecular formula is C21H15ClF4N4O. The normalized spacial score (nSPS) is 12.0. The SMILES string of the molecule is CN/C(=C\C(=N)c1cc(F)ccc1C(F)(F)F)NC(=O)c1cc2ncccc2cc1Cl. The minimum absolute atomic E-state index is 0.0791. The molecule has 0 spiro atoms. The Labute approximate surface area is 179 Å². The Hall–Kier alpha value is -3.46. The Bertz CT molecular complexity index is 1210. The summed E-state index contributed by atoms with van der Waals surface area (Å²) < 4.78 is 53.2. The summed E-state index contributed by atoms with van der Waals surface area (Å²) in [5.74, 6) is -1.67. The van der Waals surface area contributed by atoms with Crippen molar-refractivity contribution in [3.8, 4) is 0 Å². The lowest BCUT2D eigenvalue weighted by Gasteiger charge is -2.14. The summed E-state index contributed by atoms with van der Waals surface area (Å²) in [5, 5.41) is 13.9. The number of carbonyl (C=O) groups is 1. The summed E-state index contributed by atoms with van der Waals surface area (Å²) in [6.07, 6.45) is -2.28. The molecule has 160 valence electrons. The van der Waals surface area contributed by atoms with E-state index in [1.807, 2.05) is 0 Å². The van der Waals surface area contributed by atoms with Crippen molar-refractivity contribution in [3.05, 3.63) is 88.1 Å². The van der Waals surface area contributed by atoms with Gasteiger partial charge in [-0.2, -0.15) is 13.2 Å². The number of alkyl halides is 3. The van der Waals surface area contributed by atoms with Gasteiger partial charge in [-0.3, -0.25) is 9.78 Å². The zero-order chi connectivity index (χ0) is 22.8. The zero-order valence-electron chi connectivity index (χ0n) is 15.9. The van der Waals surface area contributed by atoms with Crippen molar-refractivity contribution in [2.75, 3.05) is 7.05 Å². The molecular weight excluding hydrogens is 436 g/mol. The van der Waals surface area contributed by atoms with E-state index in [0.717, 1.165) is 11.5 Å². The molecule has 0 aliphatic heterocycles. The van der Waals surface area contributed by atoms with Gasteiger partial charge in [0.25, 0.3) is 5.91 Å². The van der Waals surface area contributed by atoms with E-state index in [9.17, 15) is 22.4 Å². The molecule has 0 saturated heterocycles. The number of aromatic nitrogens is 1. The third-order valence-corrected chi connectivity index (χ3v) is 4.63. The van der Waals surface area contributed by atoms with Gasteiger partial charge in [-0.15, -0.1) is 0 Å². The highest BCUT2D eigenvalue weighted by atomic mass is 35.5. The number of amides is 1. The number of hydrogen-bond acceptors (Lipinski definition) is 4. The summed E-state index contributed by atoms with van der Waals surface area (Å²) in [6, 6.07) is 8.36. The van der Waals surface area contributed by atoms with Crippen molar-refractivity contribution in [2.45, 2.75) is 6.18 Å². The maximum absolute atomic E-state index is 13.5. The number of carbonyl (C=O) groups excluding carboxylic acids is 1. The number of allylic oxidation sites excluding steroid dienone is 1. The highest BCUT2D eigenvalue weighted by Crippen LogP contribution is 2.32. The van der Waals surface area contributed by atoms with E-state index in [1.165, 1.54) is 13.1 Å². The molecule has 2 aromatic carbocycles. The number of rotatable bonds is 5. The zero-order valence-corrected chi connectivity index (χ0v) is 16.7. The second-order valence-corrected chi connectivity index (χ2v) is 6.80. The summed E-state index contributed by atoms with van der Waals surface area (Å²) >= 11 is 6.18. The van der Waals surface area contributed by atoms with Gasteiger partial charge in [0.15, 0.2) is 0 Å². The first kappa shape index (κ1) is 22.2. The number of nitrogens with one attached hydrogen (secondary N) is 3. The summed E-state index contributed by atoms with van der Waals surface area (Å²) in [6.45, 7) is 0. The van der Waals surface area contributed by atoms with Crippen LogP contribution in [0.25, 0.3) is 10.9 Å². The molecule has 3 N–H and O–H groups in total. The molecule has 0 aliphatic carbocycles. The monoisotopic (exact) mass is 450 g/mol. The smallest absolute Gasteiger partial charge is 0.375 e. The van der Waals surface area contributed by atoms with Crippen molar-refractivity contribution in [1.29, 1.82) is 5.41 Å². The van der Waals surface area contributed by atoms with Crippen molar-refractivity contribution in [2.24, 2.45) is 0 Å². The van der Waals surface area contributed by atoms with Gasteiger partial charge in [0.05, 0.1) is 27.4 Å². The number of fused-ring (bicyclic) bond motifs is 1. The molecule has 1 aromatic heterocycles. The van der Waals surface area contributed by atoms with E-state index < -0.39 is 34.7 Å². The largest absolute Gasteiger partial charge is 0.417 e. The first-order valence-corrected chi connectivity index (χ1v) is 9.18. The molecule has 31 heavy (non-hydrogen) atoms. The Kier molecular flexibility index (Phi) is 6.26. The number of benzene rings is 2. The van der Waals surface area contributed by atoms with E-state index >= 15 is 0 Å². The molecule has 0 atom stereocenters. The minimum Gasteiger partial charge on any atom is -0.375 e. The molecule has 0 radical (unpaired) electrons. The molecule has 0 bridgehead atoms. The molecule has 0 saturated carbocycles. The van der Waals surface area contributed by atoms with Crippen LogP contribution in [-0.2, 0) is 6.18 Å². The van der Waals surface area contributed by atoms with Crippen molar-refractivity contribution >= 4 is 34.1 Å². The topological polar surface area (TPSA) is 77.9 Å². The Balaban J connectivity index is 1.91. The van der Waals surface area contributed by atoms with Crippen molar-refractivity contribution < 1.29 is 22.4 Å². The first-order valence-electron chi connectivity index (χ1n) is 8.81. The van der Waals surface area contributed by atoms with E-state index in [2.05, 4.69) is 15.6 Å². The highest BCUT2D eigenvalue weighted by molar-refractivity contribution is 6.34. The standard InChI is InChI=1S/C21H15ClF4N4O/c1-28-19(10-17(27)13-8-12(23)4-5-15(13)21(24,25)26)30-20(31)14-9-18-11(7-16(14)22)3-2-6-29-18/h2-10,27-28H,1H3,(H,30,31)/b19-10+,27-17?. The van der Waals surface area contributed by atoms with Crippen LogP contribution in [0.4, 0.5) is 17.6 Å². The fourth-order valence-electron chi connectivity index (χ4n) is 2.84. The molecule has 3 rings (SSSR count). The Morgan fingerprint density at radius 3 is 2.58 bits per heavy atom. The van der Waals surface area contributed by atoms with E-state index in [4.69, 9.17) is 17.0 Å². The summed E-state index contributed by atoms with van der Waals surface area (Å²) in [5.41, 5.74) is -1.87. The molecule has 0 unspecified atom stereocenters. The lowest BCUT2D eigenvalue weighted by Crippen LogP contribution is -2.30. The second kappa shape index (κ2) is 8.73. The average Bonchev–Trinajstić information content (AvgIpc) is 2.71. The van der Waals surface area contributed by atoms with E-state index in [1.54, 1.807) is 24.4 Å². The van der Waals surface area contributed by atoms with Gasteiger partial charge in [0, 0.05) is 30.3 Å². The Morgan fingerprint density at radius 1 is 1.16 bits per heavy atom. The number of halogens is 5. The number of pyridine rings is 1. The maximum atomic E-state index is 13.5. The molecule has 0 fully saturated rings. The van der Waals surface area contributed by atoms with Gasteiger partial charge >= 0.3 is 6.18 Å². The maximum Gasteiger partial charge on any atom is 0.417 e. The minimum atomic E-state index is -4.78. The third-order valence-electron chi connectivity index (χ3n) is 4.32. The fourth-order valence-corrected chi connectivity index (χ4v) is 3.09. The molecule has 1 amide bonds. The van der Waals surface area contributed by atoms with Gasteiger partial charge in [-0.25, -0.2) is 4.39 Å². The quantitative estimate of drug-likeness (QED) is 0.382. The number of hydrogen-bond donors (Lipinski definition) is 3. The summed E-state index contributed by atoms with van der Waals surface area (Å²) in [4.78, 5) is 16.8. The number of nitrogens with zero attached hydrogens (tertiary/aromatic N) is 1. The lowest BCUT2D eigenvalue weighted by molar-refractivity contribution is -0.137. The van der Waals surface area contributed by atoms with Crippen LogP contribution in [0.15, 0.2) is 60.6 Å². The molecule has 5 nitrogen and oxygen atoms in total. The highest BCUT2D eigenvalue weighted by Gasteiger charge is 2.34. The van der Waals surface area contributed by atoms with E-state index in [-0.39, 0.29) is 16.4 Å². The van der Waals surface area contributed by atoms with Gasteiger partial charge in [-0.05, 0) is 36.4 Å².